The summed E-state index contributed by atoms with van der Waals surface area (Å²) in [6.07, 6.45) is 0. The number of benzene rings is 2. The van der Waals surface area contributed by atoms with E-state index >= 15 is 0 Å². The van der Waals surface area contributed by atoms with E-state index in [1.54, 1.807) is 48.5 Å². The summed E-state index contributed by atoms with van der Waals surface area (Å²) in [5.74, 6) is -0.678. The number of ether oxygens (including phenoxy) is 1. The highest BCUT2D eigenvalue weighted by Crippen LogP contribution is 2.34. The second-order valence-electron chi connectivity index (χ2n) is 5.02. The molecule has 1 unspecified atom stereocenters. The lowest BCUT2D eigenvalue weighted by molar-refractivity contribution is -0.143. The van der Waals surface area contributed by atoms with Crippen LogP contribution in [0.1, 0.15) is 6.92 Å². The van der Waals surface area contributed by atoms with Gasteiger partial charge in [-0.25, -0.2) is 0 Å². The topological polar surface area (TPSA) is 67.4 Å². The monoisotopic (exact) mass is 316 g/mol. The van der Waals surface area contributed by atoms with E-state index in [1.807, 2.05) is 0 Å². The summed E-state index contributed by atoms with van der Waals surface area (Å²) >= 11 is 6.01. The molecule has 0 spiro atoms. The Morgan fingerprint density at radius 1 is 1.18 bits per heavy atom. The lowest BCUT2D eigenvalue weighted by Crippen LogP contribution is -2.56. The summed E-state index contributed by atoms with van der Waals surface area (Å²) < 4.78 is 5.64. The fourth-order valence-electron chi connectivity index (χ4n) is 2.12. The Balaban J connectivity index is 1.89. The van der Waals surface area contributed by atoms with Crippen molar-refractivity contribution in [3.8, 4) is 5.75 Å². The van der Waals surface area contributed by atoms with Crippen molar-refractivity contribution in [3.63, 3.8) is 0 Å². The summed E-state index contributed by atoms with van der Waals surface area (Å²) in [5, 5.41) is 5.68. The fraction of sp³-hybridized carbons (Fsp3) is 0.125. The molecule has 2 aromatic rings. The van der Waals surface area contributed by atoms with Crippen LogP contribution in [0.15, 0.2) is 48.5 Å². The van der Waals surface area contributed by atoms with E-state index in [-0.39, 0.29) is 0 Å². The molecule has 1 atom stereocenters. The Bertz CT molecular complexity index is 763. The molecule has 0 saturated carbocycles. The Morgan fingerprint density at radius 3 is 2.64 bits per heavy atom. The van der Waals surface area contributed by atoms with E-state index in [9.17, 15) is 9.59 Å². The van der Waals surface area contributed by atoms with Crippen molar-refractivity contribution in [3.05, 3.63) is 53.6 Å². The van der Waals surface area contributed by atoms with Crippen LogP contribution >= 0.6 is 11.6 Å². The Kier molecular flexibility index (Phi) is 3.50. The third kappa shape index (κ3) is 2.40. The highest BCUT2D eigenvalue weighted by atomic mass is 35.5. The number of hydrogen-bond donors (Lipinski definition) is 2. The zero-order chi connectivity index (χ0) is 15.7. The number of halogens is 1. The van der Waals surface area contributed by atoms with Gasteiger partial charge in [0.25, 0.3) is 17.4 Å². The molecule has 2 N–H and O–H groups in total. The van der Waals surface area contributed by atoms with E-state index in [2.05, 4.69) is 10.6 Å². The van der Waals surface area contributed by atoms with Gasteiger partial charge >= 0.3 is 0 Å². The van der Waals surface area contributed by atoms with Crippen LogP contribution in [0, 0.1) is 0 Å². The number of para-hydroxylation sites is 3. The molecule has 6 heteroatoms. The van der Waals surface area contributed by atoms with Crippen molar-refractivity contribution in [2.24, 2.45) is 0 Å². The highest BCUT2D eigenvalue weighted by Gasteiger charge is 2.47. The predicted molar refractivity (Wildman–Crippen MR) is 84.2 cm³/mol. The third-order valence-corrected chi connectivity index (χ3v) is 3.77. The van der Waals surface area contributed by atoms with Crippen molar-refractivity contribution in [1.82, 2.24) is 0 Å². The highest BCUT2D eigenvalue weighted by molar-refractivity contribution is 6.34. The summed E-state index contributed by atoms with van der Waals surface area (Å²) in [5.41, 5.74) is -0.714. The van der Waals surface area contributed by atoms with Crippen molar-refractivity contribution in [2.45, 2.75) is 12.5 Å². The molecule has 0 saturated heterocycles. The van der Waals surface area contributed by atoms with Crippen LogP contribution < -0.4 is 15.4 Å². The minimum Gasteiger partial charge on any atom is -0.466 e. The van der Waals surface area contributed by atoms with Crippen LogP contribution in [-0.4, -0.2) is 17.4 Å². The summed E-state index contributed by atoms with van der Waals surface area (Å²) in [7, 11) is 0. The van der Waals surface area contributed by atoms with Crippen molar-refractivity contribution < 1.29 is 14.3 Å². The molecule has 5 nitrogen and oxygen atoms in total. The van der Waals surface area contributed by atoms with Crippen molar-refractivity contribution >= 4 is 34.8 Å². The molecule has 22 heavy (non-hydrogen) atoms. The zero-order valence-electron chi connectivity index (χ0n) is 11.7. The summed E-state index contributed by atoms with van der Waals surface area (Å²) in [4.78, 5) is 24.8. The van der Waals surface area contributed by atoms with E-state index in [0.29, 0.717) is 22.1 Å². The molecule has 0 radical (unpaired) electrons. The number of amides is 2. The molecule has 0 aromatic heterocycles. The van der Waals surface area contributed by atoms with Gasteiger partial charge in [-0.2, -0.15) is 0 Å². The number of carbonyl (C=O) groups is 2. The molecule has 0 bridgehead atoms. The van der Waals surface area contributed by atoms with Gasteiger partial charge in [-0.15, -0.1) is 0 Å². The first-order chi connectivity index (χ1) is 10.5. The van der Waals surface area contributed by atoms with E-state index in [1.165, 1.54) is 6.92 Å². The maximum Gasteiger partial charge on any atom is 0.278 e. The predicted octanol–water partition coefficient (Wildman–Crippen LogP) is 3.07. The number of hydrogen-bond acceptors (Lipinski definition) is 3. The maximum absolute atomic E-state index is 12.5. The quantitative estimate of drug-likeness (QED) is 0.837. The zero-order valence-corrected chi connectivity index (χ0v) is 12.5. The van der Waals surface area contributed by atoms with Crippen LogP contribution in [0.4, 0.5) is 11.4 Å². The molecule has 2 aromatic carbocycles. The van der Waals surface area contributed by atoms with Gasteiger partial charge in [0.05, 0.1) is 16.4 Å². The molecule has 112 valence electrons. The number of rotatable bonds is 2. The molecule has 0 aliphatic carbocycles. The molecule has 2 amide bonds. The van der Waals surface area contributed by atoms with Crippen molar-refractivity contribution in [2.75, 3.05) is 10.6 Å². The standard InChI is InChI=1S/C16H13ClN2O3/c1-16(14(20)18-11-7-3-2-6-10(11)17)15(21)19-12-8-4-5-9-13(12)22-16/h2-9H,1H3,(H,18,20)(H,19,21). The number of anilines is 2. The lowest BCUT2D eigenvalue weighted by atomic mass is 10.0. The van der Waals surface area contributed by atoms with Crippen LogP contribution in [0.25, 0.3) is 0 Å². The second kappa shape index (κ2) is 5.35. The normalized spacial score (nSPS) is 19.6. The number of nitrogens with one attached hydrogen (secondary N) is 2. The van der Waals surface area contributed by atoms with E-state index in [0.717, 1.165) is 0 Å². The fourth-order valence-corrected chi connectivity index (χ4v) is 2.30. The third-order valence-electron chi connectivity index (χ3n) is 3.44. The summed E-state index contributed by atoms with van der Waals surface area (Å²) in [6.45, 7) is 1.42. The van der Waals surface area contributed by atoms with Crippen LogP contribution in [-0.2, 0) is 9.59 Å². The largest absolute Gasteiger partial charge is 0.466 e. The van der Waals surface area contributed by atoms with Gasteiger partial charge in [0.2, 0.25) is 0 Å². The average Bonchev–Trinajstić information content (AvgIpc) is 2.50. The van der Waals surface area contributed by atoms with Crippen LogP contribution in [0.3, 0.4) is 0 Å². The van der Waals surface area contributed by atoms with Gasteiger partial charge in [0.15, 0.2) is 0 Å². The van der Waals surface area contributed by atoms with Gasteiger partial charge in [-0.05, 0) is 31.2 Å². The van der Waals surface area contributed by atoms with Gasteiger partial charge < -0.3 is 15.4 Å². The lowest BCUT2D eigenvalue weighted by Gasteiger charge is -2.33. The number of fused-ring (bicyclic) bond motifs is 1. The van der Waals surface area contributed by atoms with Gasteiger partial charge in [-0.1, -0.05) is 35.9 Å². The minimum absolute atomic E-state index is 0.385. The smallest absolute Gasteiger partial charge is 0.278 e. The van der Waals surface area contributed by atoms with Crippen LogP contribution in [0.2, 0.25) is 5.02 Å². The Labute approximate surface area is 132 Å². The first kappa shape index (κ1) is 14.4. The van der Waals surface area contributed by atoms with E-state index < -0.39 is 17.4 Å². The first-order valence-corrected chi connectivity index (χ1v) is 7.04. The second-order valence-corrected chi connectivity index (χ2v) is 5.43. The average molecular weight is 317 g/mol. The molecular weight excluding hydrogens is 304 g/mol. The number of carbonyl (C=O) groups excluding carboxylic acids is 2. The van der Waals surface area contributed by atoms with Crippen molar-refractivity contribution in [1.29, 1.82) is 0 Å². The van der Waals surface area contributed by atoms with Crippen LogP contribution in [0.5, 0.6) is 5.75 Å². The van der Waals surface area contributed by atoms with E-state index in [4.69, 9.17) is 16.3 Å². The molecule has 1 heterocycles. The molecule has 1 aliphatic rings. The Hall–Kier alpha value is -2.53. The van der Waals surface area contributed by atoms with Gasteiger partial charge in [-0.3, -0.25) is 9.59 Å². The Morgan fingerprint density at radius 2 is 1.86 bits per heavy atom. The SMILES string of the molecule is CC1(C(=O)Nc2ccccc2Cl)Oc2ccccc2NC1=O. The van der Waals surface area contributed by atoms with Gasteiger partial charge in [0, 0.05) is 0 Å². The first-order valence-electron chi connectivity index (χ1n) is 6.66. The molecule has 1 aliphatic heterocycles. The summed E-state index contributed by atoms with van der Waals surface area (Å²) in [6, 6.07) is 13.7. The van der Waals surface area contributed by atoms with Gasteiger partial charge in [0.1, 0.15) is 5.75 Å². The maximum atomic E-state index is 12.5. The molecule has 0 fully saturated rings. The molecule has 3 rings (SSSR count). The molecular formula is C16H13ClN2O3. The minimum atomic E-state index is -1.67.